The molecule has 2 aromatic carbocycles. The van der Waals surface area contributed by atoms with Gasteiger partial charge in [-0.2, -0.15) is 0 Å². The first kappa shape index (κ1) is 25.9. The molecule has 0 bridgehead atoms. The molecule has 180 valence electrons. The van der Waals surface area contributed by atoms with Crippen LogP contribution in [0.3, 0.4) is 0 Å². The Kier molecular flexibility index (Phi) is 7.83. The fraction of sp³-hybridized carbons (Fsp3) is 0.320. The molecule has 1 atom stereocenters. The van der Waals surface area contributed by atoms with E-state index in [-0.39, 0.29) is 19.1 Å². The van der Waals surface area contributed by atoms with Crippen molar-refractivity contribution in [1.29, 1.82) is 0 Å². The monoisotopic (exact) mass is 502 g/mol. The summed E-state index contributed by atoms with van der Waals surface area (Å²) < 4.78 is 0. The van der Waals surface area contributed by atoms with Crippen LogP contribution in [0.15, 0.2) is 48.7 Å². The quantitative estimate of drug-likeness (QED) is 0.359. The number of nitrogens with one attached hydrogen (secondary N) is 2. The molecule has 34 heavy (non-hydrogen) atoms. The molecule has 0 saturated heterocycles. The minimum Gasteiger partial charge on any atom is -0.394 e. The molecule has 0 radical (unpaired) electrons. The molecule has 0 spiro atoms. The number of hydrogen-bond donors (Lipinski definition) is 4. The highest BCUT2D eigenvalue weighted by molar-refractivity contribution is 6.33. The van der Waals surface area contributed by atoms with E-state index in [1.54, 1.807) is 49.4 Å². The number of aliphatic hydroxyl groups excluding tert-OH is 2. The summed E-state index contributed by atoms with van der Waals surface area (Å²) in [5, 5.41) is 26.4. The van der Waals surface area contributed by atoms with E-state index in [1.807, 2.05) is 20.8 Å². The third kappa shape index (κ3) is 5.85. The van der Waals surface area contributed by atoms with Gasteiger partial charge >= 0.3 is 0 Å². The lowest BCUT2D eigenvalue weighted by Crippen LogP contribution is -2.46. The van der Waals surface area contributed by atoms with E-state index in [9.17, 15) is 15.0 Å². The van der Waals surface area contributed by atoms with Crippen LogP contribution in [0.5, 0.6) is 0 Å². The number of benzene rings is 2. The highest BCUT2D eigenvalue weighted by Crippen LogP contribution is 2.30. The number of aliphatic hydroxyl groups is 2. The van der Waals surface area contributed by atoms with Crippen LogP contribution in [0.4, 0.5) is 5.95 Å². The summed E-state index contributed by atoms with van der Waals surface area (Å²) in [6, 6.07) is 12.2. The number of anilines is 1. The van der Waals surface area contributed by atoms with E-state index in [1.165, 1.54) is 6.20 Å². The molecule has 4 N–H and O–H groups in total. The Hall–Kier alpha value is -2.71. The summed E-state index contributed by atoms with van der Waals surface area (Å²) in [4.78, 5) is 21.8. The first-order valence-corrected chi connectivity index (χ1v) is 11.5. The molecule has 7 nitrogen and oxygen atoms in total. The predicted molar refractivity (Wildman–Crippen MR) is 135 cm³/mol. The molecule has 0 aliphatic rings. The molecule has 1 aromatic heterocycles. The van der Waals surface area contributed by atoms with Gasteiger partial charge in [0.2, 0.25) is 5.95 Å². The minimum atomic E-state index is -1.01. The van der Waals surface area contributed by atoms with E-state index in [4.69, 9.17) is 23.2 Å². The molecule has 0 aliphatic heterocycles. The van der Waals surface area contributed by atoms with Crippen molar-refractivity contribution in [3.8, 4) is 11.3 Å². The lowest BCUT2D eigenvalue weighted by atomic mass is 9.92. The zero-order valence-corrected chi connectivity index (χ0v) is 21.0. The first-order chi connectivity index (χ1) is 16.0. The van der Waals surface area contributed by atoms with Crippen molar-refractivity contribution in [2.75, 3.05) is 18.5 Å². The second-order valence-electron chi connectivity index (χ2n) is 9.04. The van der Waals surface area contributed by atoms with Crippen molar-refractivity contribution in [2.45, 2.75) is 38.8 Å². The first-order valence-electron chi connectivity index (χ1n) is 10.7. The number of carbonyl (C=O) groups is 1. The Labute approximate surface area is 209 Å². The van der Waals surface area contributed by atoms with Crippen molar-refractivity contribution in [3.63, 3.8) is 0 Å². The molecular weight excluding hydrogens is 475 g/mol. The summed E-state index contributed by atoms with van der Waals surface area (Å²) in [7, 11) is 0. The van der Waals surface area contributed by atoms with Gasteiger partial charge < -0.3 is 20.8 Å². The van der Waals surface area contributed by atoms with E-state index in [2.05, 4.69) is 20.6 Å². The standard InChI is InChI=1S/C25H28Cl2N4O3/c1-15-10-16(22(34)30-25(4,14-33)17-6-5-7-18(26)11-17)8-9-19(15)21-20(27)12-28-23(29-21)31-24(2,3)13-32/h5-12,32-33H,13-14H2,1-4H3,(H,30,34)(H,28,29,31). The molecule has 3 aromatic rings. The largest absolute Gasteiger partial charge is 0.394 e. The fourth-order valence-electron chi connectivity index (χ4n) is 3.39. The predicted octanol–water partition coefficient (Wildman–Crippen LogP) is 4.58. The summed E-state index contributed by atoms with van der Waals surface area (Å²) in [5.74, 6) is -0.00749. The highest BCUT2D eigenvalue weighted by atomic mass is 35.5. The van der Waals surface area contributed by atoms with Crippen molar-refractivity contribution in [3.05, 3.63) is 75.4 Å². The van der Waals surface area contributed by atoms with E-state index in [0.717, 1.165) is 11.1 Å². The molecular formula is C25H28Cl2N4O3. The molecule has 0 aliphatic carbocycles. The van der Waals surface area contributed by atoms with Crippen LogP contribution in [0.1, 0.15) is 42.3 Å². The molecule has 1 unspecified atom stereocenters. The number of amides is 1. The zero-order valence-electron chi connectivity index (χ0n) is 19.5. The number of rotatable bonds is 8. The number of halogens is 2. The van der Waals surface area contributed by atoms with Crippen LogP contribution in [0.2, 0.25) is 10.0 Å². The summed E-state index contributed by atoms with van der Waals surface area (Å²) >= 11 is 12.5. The van der Waals surface area contributed by atoms with Gasteiger partial charge in [-0.3, -0.25) is 4.79 Å². The Morgan fingerprint density at radius 3 is 2.41 bits per heavy atom. The molecule has 0 fully saturated rings. The highest BCUT2D eigenvalue weighted by Gasteiger charge is 2.29. The Balaban J connectivity index is 1.88. The average Bonchev–Trinajstić information content (AvgIpc) is 2.80. The van der Waals surface area contributed by atoms with Crippen molar-refractivity contribution in [1.82, 2.24) is 15.3 Å². The van der Waals surface area contributed by atoms with Gasteiger partial charge in [-0.1, -0.05) is 41.4 Å². The topological polar surface area (TPSA) is 107 Å². The zero-order chi connectivity index (χ0) is 25.1. The van der Waals surface area contributed by atoms with Gasteiger partial charge in [0.05, 0.1) is 41.2 Å². The van der Waals surface area contributed by atoms with Crippen molar-refractivity contribution >= 4 is 35.1 Å². The maximum absolute atomic E-state index is 13.0. The third-order valence-corrected chi connectivity index (χ3v) is 6.01. The van der Waals surface area contributed by atoms with Crippen LogP contribution in [-0.2, 0) is 5.54 Å². The Bertz CT molecular complexity index is 1200. The fourth-order valence-corrected chi connectivity index (χ4v) is 3.77. The number of aromatic nitrogens is 2. The van der Waals surface area contributed by atoms with Gasteiger partial charge in [0.15, 0.2) is 0 Å². The Morgan fingerprint density at radius 2 is 1.79 bits per heavy atom. The van der Waals surface area contributed by atoms with Crippen molar-refractivity contribution < 1.29 is 15.0 Å². The average molecular weight is 503 g/mol. The second-order valence-corrected chi connectivity index (χ2v) is 9.89. The van der Waals surface area contributed by atoms with Crippen LogP contribution >= 0.6 is 23.2 Å². The van der Waals surface area contributed by atoms with E-state index < -0.39 is 11.1 Å². The van der Waals surface area contributed by atoms with Crippen LogP contribution in [0.25, 0.3) is 11.3 Å². The van der Waals surface area contributed by atoms with Gasteiger partial charge in [0.25, 0.3) is 5.91 Å². The van der Waals surface area contributed by atoms with Crippen LogP contribution in [-0.4, -0.2) is 44.8 Å². The lowest BCUT2D eigenvalue weighted by molar-refractivity contribution is 0.0849. The summed E-state index contributed by atoms with van der Waals surface area (Å²) in [6.45, 7) is 6.85. The van der Waals surface area contributed by atoms with Crippen LogP contribution < -0.4 is 10.6 Å². The van der Waals surface area contributed by atoms with Crippen molar-refractivity contribution in [2.24, 2.45) is 0 Å². The van der Waals surface area contributed by atoms with Crippen LogP contribution in [0, 0.1) is 6.92 Å². The number of hydrogen-bond acceptors (Lipinski definition) is 6. The third-order valence-electron chi connectivity index (χ3n) is 5.50. The van der Waals surface area contributed by atoms with Gasteiger partial charge in [0.1, 0.15) is 0 Å². The maximum atomic E-state index is 13.0. The minimum absolute atomic E-state index is 0.0981. The van der Waals surface area contributed by atoms with E-state index >= 15 is 0 Å². The second kappa shape index (κ2) is 10.3. The normalized spacial score (nSPS) is 13.3. The van der Waals surface area contributed by atoms with Gasteiger partial charge in [-0.25, -0.2) is 9.97 Å². The summed E-state index contributed by atoms with van der Waals surface area (Å²) in [6.07, 6.45) is 1.50. The number of nitrogens with zero attached hydrogens (tertiary/aromatic N) is 2. The lowest BCUT2D eigenvalue weighted by Gasteiger charge is -2.29. The number of aryl methyl sites for hydroxylation is 1. The maximum Gasteiger partial charge on any atom is 0.252 e. The van der Waals surface area contributed by atoms with Gasteiger partial charge in [0, 0.05) is 16.1 Å². The molecule has 0 saturated carbocycles. The SMILES string of the molecule is Cc1cc(C(=O)NC(C)(CO)c2cccc(Cl)c2)ccc1-c1nc(NC(C)(C)CO)ncc1Cl. The molecule has 3 rings (SSSR count). The van der Waals surface area contributed by atoms with E-state index in [0.29, 0.717) is 32.8 Å². The molecule has 9 heteroatoms. The Morgan fingerprint density at radius 1 is 1.06 bits per heavy atom. The number of carbonyl (C=O) groups excluding carboxylic acids is 1. The van der Waals surface area contributed by atoms with Gasteiger partial charge in [-0.05, 0) is 63.1 Å². The molecule has 1 heterocycles. The molecule has 1 amide bonds. The van der Waals surface area contributed by atoms with Gasteiger partial charge in [-0.15, -0.1) is 0 Å². The summed E-state index contributed by atoms with van der Waals surface area (Å²) in [5.41, 5.74) is 1.55. The smallest absolute Gasteiger partial charge is 0.252 e.